The van der Waals surface area contributed by atoms with Gasteiger partial charge in [-0.1, -0.05) is 70.2 Å². The Balaban J connectivity index is 1.55. The standard InChI is InChI=1S/C29H24BrN5OS2/c1-3-32-23-14-9-20(16-31)15-24(23)33-29-35(17-19-7-5-4-6-8-19)27(36)26(38-29)28-34(2)25(18-37-28)21-10-12-22(30)13-11-21/h4-15,18,32H,3,17H2,1-2H3. The lowest BCUT2D eigenvalue weighted by Crippen LogP contribution is -2.29. The molecule has 6 nitrogen and oxygen atoms in total. The highest BCUT2D eigenvalue weighted by Gasteiger charge is 2.38. The van der Waals surface area contributed by atoms with Crippen LogP contribution in [0.15, 0.2) is 97.6 Å². The smallest absolute Gasteiger partial charge is 0.269 e. The van der Waals surface area contributed by atoms with E-state index in [2.05, 4.69) is 49.8 Å². The lowest BCUT2D eigenvalue weighted by molar-refractivity contribution is -0.122. The number of hydrogen-bond donors (Lipinski definition) is 1. The van der Waals surface area contributed by atoms with E-state index in [1.54, 1.807) is 28.8 Å². The highest BCUT2D eigenvalue weighted by atomic mass is 79.9. The van der Waals surface area contributed by atoms with E-state index >= 15 is 0 Å². The molecular formula is C29H24BrN5OS2. The van der Waals surface area contributed by atoms with E-state index in [4.69, 9.17) is 4.99 Å². The van der Waals surface area contributed by atoms with Crippen LogP contribution < -0.4 is 5.32 Å². The molecule has 2 heterocycles. The molecule has 2 aliphatic rings. The first kappa shape index (κ1) is 26.2. The topological polar surface area (TPSA) is 71.7 Å². The highest BCUT2D eigenvalue weighted by Crippen LogP contribution is 2.46. The average Bonchev–Trinajstić information content (AvgIpc) is 3.45. The van der Waals surface area contributed by atoms with Crippen molar-refractivity contribution in [1.82, 2.24) is 9.80 Å². The number of amides is 1. The molecule has 0 saturated carbocycles. The van der Waals surface area contributed by atoms with Crippen molar-refractivity contribution in [3.05, 3.63) is 109 Å². The summed E-state index contributed by atoms with van der Waals surface area (Å²) in [7, 11) is 1.99. The number of thioether (sulfide) groups is 2. The van der Waals surface area contributed by atoms with Crippen molar-refractivity contribution in [3.63, 3.8) is 0 Å². The number of nitrogens with zero attached hydrogens (tertiary/aromatic N) is 4. The van der Waals surface area contributed by atoms with E-state index in [0.717, 1.165) is 32.0 Å². The summed E-state index contributed by atoms with van der Waals surface area (Å²) in [6, 6.07) is 25.6. The maximum atomic E-state index is 13.9. The van der Waals surface area contributed by atoms with E-state index in [-0.39, 0.29) is 5.91 Å². The van der Waals surface area contributed by atoms with E-state index in [1.807, 2.05) is 62.5 Å². The zero-order chi connectivity index (χ0) is 26.6. The van der Waals surface area contributed by atoms with Gasteiger partial charge in [-0.05, 0) is 60.1 Å². The molecule has 0 bridgehead atoms. The number of anilines is 1. The quantitative estimate of drug-likeness (QED) is 0.297. The van der Waals surface area contributed by atoms with Gasteiger partial charge >= 0.3 is 0 Å². The molecule has 38 heavy (non-hydrogen) atoms. The minimum Gasteiger partial charge on any atom is -0.384 e. The molecule has 3 aromatic rings. The Morgan fingerprint density at radius 2 is 1.84 bits per heavy atom. The summed E-state index contributed by atoms with van der Waals surface area (Å²) in [4.78, 5) is 23.3. The number of nitriles is 1. The molecule has 1 N–H and O–H groups in total. The highest BCUT2D eigenvalue weighted by molar-refractivity contribution is 9.10. The molecule has 0 aliphatic carbocycles. The summed E-state index contributed by atoms with van der Waals surface area (Å²) < 4.78 is 1.02. The predicted molar refractivity (Wildman–Crippen MR) is 161 cm³/mol. The van der Waals surface area contributed by atoms with Crippen LogP contribution in [0.2, 0.25) is 0 Å². The van der Waals surface area contributed by atoms with Crippen molar-refractivity contribution >= 4 is 67.6 Å². The lowest BCUT2D eigenvalue weighted by Gasteiger charge is -2.19. The van der Waals surface area contributed by atoms with Crippen LogP contribution in [0, 0.1) is 11.3 Å². The van der Waals surface area contributed by atoms with Crippen LogP contribution >= 0.6 is 39.5 Å². The minimum atomic E-state index is -0.0844. The van der Waals surface area contributed by atoms with Crippen LogP contribution in [0.25, 0.3) is 5.70 Å². The number of carbonyl (C=O) groups excluding carboxylic acids is 1. The normalized spacial score (nSPS) is 18.2. The molecular weight excluding hydrogens is 578 g/mol. The number of rotatable bonds is 6. The monoisotopic (exact) mass is 601 g/mol. The molecule has 0 spiro atoms. The van der Waals surface area contributed by atoms with Gasteiger partial charge in [0.15, 0.2) is 5.17 Å². The molecule has 1 fully saturated rings. The van der Waals surface area contributed by atoms with Crippen LogP contribution in [-0.4, -0.2) is 34.5 Å². The van der Waals surface area contributed by atoms with Crippen molar-refractivity contribution in [1.29, 1.82) is 5.26 Å². The fourth-order valence-electron chi connectivity index (χ4n) is 4.13. The van der Waals surface area contributed by atoms with Crippen molar-refractivity contribution in [2.75, 3.05) is 18.9 Å². The zero-order valence-electron chi connectivity index (χ0n) is 20.8. The number of amidine groups is 1. The zero-order valence-corrected chi connectivity index (χ0v) is 24.0. The first-order valence-corrected chi connectivity index (χ1v) is 14.5. The van der Waals surface area contributed by atoms with Gasteiger partial charge in [-0.15, -0.1) is 0 Å². The number of aliphatic imine (C=N–C) groups is 1. The van der Waals surface area contributed by atoms with Gasteiger partial charge in [0.05, 0.1) is 40.3 Å². The van der Waals surface area contributed by atoms with Gasteiger partial charge in [0.2, 0.25) is 0 Å². The van der Waals surface area contributed by atoms with Crippen LogP contribution in [0.1, 0.15) is 23.6 Å². The number of carbonyl (C=O) groups is 1. The molecule has 0 radical (unpaired) electrons. The van der Waals surface area contributed by atoms with Crippen molar-refractivity contribution < 1.29 is 4.79 Å². The van der Waals surface area contributed by atoms with Gasteiger partial charge in [0.1, 0.15) is 4.91 Å². The Kier molecular flexibility index (Phi) is 7.93. The fraction of sp³-hybridized carbons (Fsp3) is 0.138. The SMILES string of the molecule is CCNc1ccc(C#N)cc1N=C1SC(=C2SC=C(c3ccc(Br)cc3)N2C)C(=O)N1Cc1ccccc1. The van der Waals surface area contributed by atoms with Crippen LogP contribution in [0.5, 0.6) is 0 Å². The largest absolute Gasteiger partial charge is 0.384 e. The molecule has 1 amide bonds. The molecule has 0 unspecified atom stereocenters. The maximum absolute atomic E-state index is 13.9. The number of hydrogen-bond acceptors (Lipinski definition) is 7. The lowest BCUT2D eigenvalue weighted by atomic mass is 10.1. The molecule has 190 valence electrons. The fourth-order valence-corrected chi connectivity index (χ4v) is 6.64. The van der Waals surface area contributed by atoms with E-state index in [0.29, 0.717) is 34.4 Å². The molecule has 0 aromatic heterocycles. The summed E-state index contributed by atoms with van der Waals surface area (Å²) in [6.45, 7) is 3.12. The first-order chi connectivity index (χ1) is 18.5. The van der Waals surface area contributed by atoms with Gasteiger partial charge in [-0.25, -0.2) is 4.99 Å². The second-order valence-electron chi connectivity index (χ2n) is 8.57. The number of nitrogens with one attached hydrogen (secondary N) is 1. The van der Waals surface area contributed by atoms with E-state index < -0.39 is 0 Å². The Morgan fingerprint density at radius 1 is 1.08 bits per heavy atom. The van der Waals surface area contributed by atoms with Crippen LogP contribution in [-0.2, 0) is 11.3 Å². The second-order valence-corrected chi connectivity index (χ2v) is 11.3. The van der Waals surface area contributed by atoms with Crippen LogP contribution in [0.3, 0.4) is 0 Å². The van der Waals surface area contributed by atoms with Crippen molar-refractivity contribution in [2.45, 2.75) is 13.5 Å². The Labute approximate surface area is 239 Å². The number of halogens is 1. The summed E-state index contributed by atoms with van der Waals surface area (Å²) in [5.41, 5.74) is 5.09. The second kappa shape index (κ2) is 11.5. The Hall–Kier alpha value is -3.45. The molecule has 5 rings (SSSR count). The first-order valence-electron chi connectivity index (χ1n) is 12.0. The van der Waals surface area contributed by atoms with Gasteiger partial charge < -0.3 is 10.2 Å². The Bertz CT molecular complexity index is 1510. The summed E-state index contributed by atoms with van der Waals surface area (Å²) in [5, 5.41) is 16.3. The average molecular weight is 603 g/mol. The summed E-state index contributed by atoms with van der Waals surface area (Å²) in [6.07, 6.45) is 0. The predicted octanol–water partition coefficient (Wildman–Crippen LogP) is 7.36. The molecule has 2 aliphatic heterocycles. The van der Waals surface area contributed by atoms with Crippen molar-refractivity contribution in [3.8, 4) is 6.07 Å². The van der Waals surface area contributed by atoms with Gasteiger partial charge in [0.25, 0.3) is 5.91 Å². The summed E-state index contributed by atoms with van der Waals surface area (Å²) >= 11 is 6.42. The third-order valence-electron chi connectivity index (χ3n) is 6.04. The molecule has 1 saturated heterocycles. The van der Waals surface area contributed by atoms with Gasteiger partial charge in [-0.3, -0.25) is 9.69 Å². The maximum Gasteiger partial charge on any atom is 0.269 e. The Morgan fingerprint density at radius 3 is 2.55 bits per heavy atom. The van der Waals surface area contributed by atoms with Crippen LogP contribution in [0.4, 0.5) is 11.4 Å². The van der Waals surface area contributed by atoms with E-state index in [1.165, 1.54) is 11.8 Å². The third-order valence-corrected chi connectivity index (χ3v) is 8.81. The number of benzene rings is 3. The van der Waals surface area contributed by atoms with Crippen molar-refractivity contribution in [2.24, 2.45) is 4.99 Å². The molecule has 3 aromatic carbocycles. The van der Waals surface area contributed by atoms with Gasteiger partial charge in [-0.2, -0.15) is 5.26 Å². The third kappa shape index (κ3) is 5.39. The summed E-state index contributed by atoms with van der Waals surface area (Å²) in [5.74, 6) is -0.0844. The molecule has 9 heteroatoms. The molecule has 0 atom stereocenters. The minimum absolute atomic E-state index is 0.0844. The van der Waals surface area contributed by atoms with E-state index in [9.17, 15) is 10.1 Å². The van der Waals surface area contributed by atoms with Gasteiger partial charge in [0, 0.05) is 23.5 Å².